The van der Waals surface area contributed by atoms with Crippen LogP contribution in [0.15, 0.2) is 18.3 Å². The number of carbonyl (C=O) groups excluding carboxylic acids is 1. The number of hydrogen-bond acceptors (Lipinski definition) is 5. The fourth-order valence-electron chi connectivity index (χ4n) is 2.58. The molecule has 0 saturated carbocycles. The third-order valence-corrected chi connectivity index (χ3v) is 3.66. The van der Waals surface area contributed by atoms with E-state index in [4.69, 9.17) is 9.84 Å². The summed E-state index contributed by atoms with van der Waals surface area (Å²) < 4.78 is 5.73. The van der Waals surface area contributed by atoms with E-state index in [1.165, 1.54) is 0 Å². The molecule has 23 heavy (non-hydrogen) atoms. The summed E-state index contributed by atoms with van der Waals surface area (Å²) in [6.07, 6.45) is 2.16. The maximum atomic E-state index is 11.6. The molecule has 0 bridgehead atoms. The van der Waals surface area contributed by atoms with E-state index in [1.54, 1.807) is 13.1 Å². The van der Waals surface area contributed by atoms with Crippen LogP contribution in [0.5, 0.6) is 0 Å². The van der Waals surface area contributed by atoms with E-state index < -0.39 is 0 Å². The minimum absolute atomic E-state index is 0.0833. The second-order valence-corrected chi connectivity index (χ2v) is 6.10. The van der Waals surface area contributed by atoms with E-state index in [0.717, 1.165) is 24.5 Å². The third-order valence-electron chi connectivity index (χ3n) is 3.66. The summed E-state index contributed by atoms with van der Waals surface area (Å²) in [4.78, 5) is 18.3. The number of rotatable bonds is 5. The van der Waals surface area contributed by atoms with Crippen LogP contribution in [0, 0.1) is 0 Å². The smallest absolute Gasteiger partial charge is 0.315 e. The maximum absolute atomic E-state index is 11.6. The van der Waals surface area contributed by atoms with Gasteiger partial charge in [-0.2, -0.15) is 0 Å². The van der Waals surface area contributed by atoms with Gasteiger partial charge in [-0.25, -0.2) is 9.78 Å². The molecule has 2 rings (SSSR count). The van der Waals surface area contributed by atoms with E-state index in [2.05, 4.69) is 34.4 Å². The lowest BCUT2D eigenvalue weighted by Crippen LogP contribution is -2.45. The molecule has 1 aromatic rings. The molecule has 3 atom stereocenters. The zero-order valence-electron chi connectivity index (χ0n) is 14.0. The Bertz CT molecular complexity index is 499. The van der Waals surface area contributed by atoms with Crippen LogP contribution in [0.4, 0.5) is 10.6 Å². The van der Waals surface area contributed by atoms with E-state index >= 15 is 0 Å². The van der Waals surface area contributed by atoms with Crippen molar-refractivity contribution in [1.29, 1.82) is 0 Å². The standard InChI is InChI=1S/C16H26N4O3/c1-11(10-21)19-16(22)18-7-14-4-5-15(17-6-14)20-8-12(2)23-13(3)9-20/h4-6,11-13,21H,7-10H2,1-3H3,(H2,18,19,22). The molecule has 7 heteroatoms. The molecular weight excluding hydrogens is 296 g/mol. The highest BCUT2D eigenvalue weighted by Gasteiger charge is 2.22. The van der Waals surface area contributed by atoms with Crippen molar-refractivity contribution in [3.63, 3.8) is 0 Å². The van der Waals surface area contributed by atoms with Crippen LogP contribution in [0.1, 0.15) is 26.3 Å². The predicted molar refractivity (Wildman–Crippen MR) is 88.4 cm³/mol. The number of anilines is 1. The number of ether oxygens (including phenoxy) is 1. The fraction of sp³-hybridized carbons (Fsp3) is 0.625. The van der Waals surface area contributed by atoms with Crippen molar-refractivity contribution in [2.75, 3.05) is 24.6 Å². The highest BCUT2D eigenvalue weighted by atomic mass is 16.5. The largest absolute Gasteiger partial charge is 0.394 e. The molecule has 7 nitrogen and oxygen atoms in total. The molecule has 0 aliphatic carbocycles. The van der Waals surface area contributed by atoms with E-state index in [0.29, 0.717) is 6.54 Å². The number of morpholine rings is 1. The first-order valence-corrected chi connectivity index (χ1v) is 7.98. The van der Waals surface area contributed by atoms with E-state index in [-0.39, 0.29) is 30.9 Å². The molecular formula is C16H26N4O3. The molecule has 2 amide bonds. The summed E-state index contributed by atoms with van der Waals surface area (Å²) in [5, 5.41) is 14.3. The summed E-state index contributed by atoms with van der Waals surface area (Å²) in [5.41, 5.74) is 0.926. The zero-order valence-corrected chi connectivity index (χ0v) is 14.0. The van der Waals surface area contributed by atoms with Gasteiger partial charge in [0.1, 0.15) is 5.82 Å². The van der Waals surface area contributed by atoms with Crippen LogP contribution in [0.3, 0.4) is 0 Å². The number of amides is 2. The number of aliphatic hydroxyl groups excluding tert-OH is 1. The van der Waals surface area contributed by atoms with Crippen LogP contribution < -0.4 is 15.5 Å². The first-order chi connectivity index (χ1) is 11.0. The number of urea groups is 1. The fourth-order valence-corrected chi connectivity index (χ4v) is 2.58. The maximum Gasteiger partial charge on any atom is 0.315 e. The minimum Gasteiger partial charge on any atom is -0.394 e. The molecule has 0 spiro atoms. The second kappa shape index (κ2) is 8.12. The zero-order chi connectivity index (χ0) is 16.8. The predicted octanol–water partition coefficient (Wildman–Crippen LogP) is 0.875. The van der Waals surface area contributed by atoms with Gasteiger partial charge in [0.2, 0.25) is 0 Å². The Morgan fingerprint density at radius 1 is 1.43 bits per heavy atom. The molecule has 0 aromatic carbocycles. The lowest BCUT2D eigenvalue weighted by Gasteiger charge is -2.36. The molecule has 0 radical (unpaired) electrons. The van der Waals surface area contributed by atoms with Gasteiger partial charge in [0.15, 0.2) is 0 Å². The van der Waals surface area contributed by atoms with Gasteiger partial charge in [-0.15, -0.1) is 0 Å². The third kappa shape index (κ3) is 5.37. The Kier molecular flexibility index (Phi) is 6.18. The van der Waals surface area contributed by atoms with Crippen LogP contribution in [0.2, 0.25) is 0 Å². The number of pyridine rings is 1. The van der Waals surface area contributed by atoms with E-state index in [1.807, 2.05) is 12.1 Å². The van der Waals surface area contributed by atoms with Crippen molar-refractivity contribution < 1.29 is 14.6 Å². The first kappa shape index (κ1) is 17.5. The number of nitrogens with zero attached hydrogens (tertiary/aromatic N) is 2. The average molecular weight is 322 g/mol. The Morgan fingerprint density at radius 2 is 2.13 bits per heavy atom. The van der Waals surface area contributed by atoms with Crippen molar-refractivity contribution in [3.8, 4) is 0 Å². The van der Waals surface area contributed by atoms with Crippen molar-refractivity contribution >= 4 is 11.8 Å². The molecule has 1 aliphatic rings. The number of aliphatic hydroxyl groups is 1. The summed E-state index contributed by atoms with van der Waals surface area (Å²) in [5.74, 6) is 0.925. The topological polar surface area (TPSA) is 86.7 Å². The molecule has 1 saturated heterocycles. The summed E-state index contributed by atoms with van der Waals surface area (Å²) in [6, 6.07) is 3.37. The summed E-state index contributed by atoms with van der Waals surface area (Å²) >= 11 is 0. The highest BCUT2D eigenvalue weighted by molar-refractivity contribution is 5.74. The Balaban J connectivity index is 1.86. The SMILES string of the molecule is CC(CO)NC(=O)NCc1ccc(N2CC(C)OC(C)C2)nc1. The highest BCUT2D eigenvalue weighted by Crippen LogP contribution is 2.18. The molecule has 3 N–H and O–H groups in total. The van der Waals surface area contributed by atoms with Crippen LogP contribution in [-0.4, -0.2) is 54.1 Å². The monoisotopic (exact) mass is 322 g/mol. The number of hydrogen-bond donors (Lipinski definition) is 3. The minimum atomic E-state index is -0.300. The normalized spacial score (nSPS) is 22.5. The first-order valence-electron chi connectivity index (χ1n) is 7.98. The number of aromatic nitrogens is 1. The molecule has 1 fully saturated rings. The number of nitrogens with one attached hydrogen (secondary N) is 2. The number of carbonyl (C=O) groups is 1. The van der Waals surface area contributed by atoms with Gasteiger partial charge in [-0.3, -0.25) is 0 Å². The van der Waals surface area contributed by atoms with E-state index in [9.17, 15) is 4.79 Å². The second-order valence-electron chi connectivity index (χ2n) is 6.10. The van der Waals surface area contributed by atoms with Crippen molar-refractivity contribution in [2.45, 2.75) is 45.6 Å². The molecule has 2 heterocycles. The average Bonchev–Trinajstić information content (AvgIpc) is 2.52. The Labute approximate surface area is 137 Å². The van der Waals surface area contributed by atoms with Crippen LogP contribution in [0.25, 0.3) is 0 Å². The van der Waals surface area contributed by atoms with Gasteiger partial charge >= 0.3 is 6.03 Å². The van der Waals surface area contributed by atoms with Crippen molar-refractivity contribution in [3.05, 3.63) is 23.9 Å². The molecule has 1 aliphatic heterocycles. The van der Waals surface area contributed by atoms with Crippen LogP contribution >= 0.6 is 0 Å². The summed E-state index contributed by atoms with van der Waals surface area (Å²) in [6.45, 7) is 7.83. The Hall–Kier alpha value is -1.86. The quantitative estimate of drug-likeness (QED) is 0.749. The van der Waals surface area contributed by atoms with Gasteiger partial charge in [0.05, 0.1) is 24.9 Å². The lowest BCUT2D eigenvalue weighted by atomic mass is 10.2. The lowest BCUT2D eigenvalue weighted by molar-refractivity contribution is -0.00546. The Morgan fingerprint density at radius 3 is 2.70 bits per heavy atom. The van der Waals surface area contributed by atoms with Gasteiger partial charge in [0.25, 0.3) is 0 Å². The van der Waals surface area contributed by atoms with Crippen molar-refractivity contribution in [1.82, 2.24) is 15.6 Å². The molecule has 128 valence electrons. The molecule has 3 unspecified atom stereocenters. The summed E-state index contributed by atoms with van der Waals surface area (Å²) in [7, 11) is 0. The van der Waals surface area contributed by atoms with Gasteiger partial charge in [-0.1, -0.05) is 6.07 Å². The van der Waals surface area contributed by atoms with Crippen LogP contribution in [-0.2, 0) is 11.3 Å². The van der Waals surface area contributed by atoms with Gasteiger partial charge in [-0.05, 0) is 32.4 Å². The van der Waals surface area contributed by atoms with Gasteiger partial charge < -0.3 is 25.4 Å². The van der Waals surface area contributed by atoms with Gasteiger partial charge in [0, 0.05) is 25.8 Å². The molecule has 1 aromatic heterocycles. The van der Waals surface area contributed by atoms with Crippen molar-refractivity contribution in [2.24, 2.45) is 0 Å².